The molecule has 0 aliphatic carbocycles. The van der Waals surface area contributed by atoms with Gasteiger partial charge < -0.3 is 4.57 Å². The summed E-state index contributed by atoms with van der Waals surface area (Å²) < 4.78 is 2.06. The van der Waals surface area contributed by atoms with Crippen LogP contribution in [0.4, 0.5) is 0 Å². The van der Waals surface area contributed by atoms with E-state index < -0.39 is 0 Å². The maximum absolute atomic E-state index is 11.6. The molecule has 0 aliphatic heterocycles. The van der Waals surface area contributed by atoms with E-state index in [0.29, 0.717) is 6.04 Å². The average Bonchev–Trinajstić information content (AvgIpc) is 2.88. The van der Waals surface area contributed by atoms with Gasteiger partial charge in [-0.1, -0.05) is 12.1 Å². The molecule has 0 bridgehead atoms. The lowest BCUT2D eigenvalue weighted by Gasteiger charge is -2.27. The SMILES string of the molecule is CSc1cccc(CN(Cc2cc(C(C)=O)cn2C)C(C)C)c1. The van der Waals surface area contributed by atoms with Gasteiger partial charge in [0.1, 0.15) is 0 Å². The number of hydrogen-bond donors (Lipinski definition) is 0. The maximum atomic E-state index is 11.6. The van der Waals surface area contributed by atoms with Gasteiger partial charge in [-0.2, -0.15) is 0 Å². The van der Waals surface area contributed by atoms with Gasteiger partial charge in [0.15, 0.2) is 5.78 Å². The van der Waals surface area contributed by atoms with Crippen molar-refractivity contribution in [2.45, 2.75) is 44.8 Å². The van der Waals surface area contributed by atoms with Gasteiger partial charge >= 0.3 is 0 Å². The zero-order chi connectivity index (χ0) is 17.0. The molecular formula is C19H26N2OS. The van der Waals surface area contributed by atoms with Gasteiger partial charge in [0, 0.05) is 48.5 Å². The average molecular weight is 330 g/mol. The van der Waals surface area contributed by atoms with Crippen LogP contribution in [0, 0.1) is 0 Å². The maximum Gasteiger partial charge on any atom is 0.161 e. The third kappa shape index (κ3) is 4.72. The van der Waals surface area contributed by atoms with Gasteiger partial charge in [0.25, 0.3) is 0 Å². The highest BCUT2D eigenvalue weighted by molar-refractivity contribution is 7.98. The third-order valence-corrected chi connectivity index (χ3v) is 4.85. The molecule has 0 atom stereocenters. The number of nitrogens with zero attached hydrogens (tertiary/aromatic N) is 2. The van der Waals surface area contributed by atoms with E-state index in [0.717, 1.165) is 18.7 Å². The van der Waals surface area contributed by atoms with E-state index in [4.69, 9.17) is 0 Å². The largest absolute Gasteiger partial charge is 0.353 e. The minimum atomic E-state index is 0.121. The molecule has 0 unspecified atom stereocenters. The van der Waals surface area contributed by atoms with E-state index in [-0.39, 0.29) is 5.78 Å². The lowest BCUT2D eigenvalue weighted by molar-refractivity contribution is 0.101. The Morgan fingerprint density at radius 2 is 2.00 bits per heavy atom. The van der Waals surface area contributed by atoms with E-state index in [2.05, 4.69) is 53.8 Å². The number of carbonyl (C=O) groups is 1. The number of ketones is 1. The number of Topliss-reactive ketones (excluding diaryl/α,β-unsaturated/α-hetero) is 1. The van der Waals surface area contributed by atoms with Crippen LogP contribution in [0.3, 0.4) is 0 Å². The highest BCUT2D eigenvalue weighted by Crippen LogP contribution is 2.19. The summed E-state index contributed by atoms with van der Waals surface area (Å²) in [6.07, 6.45) is 4.02. The summed E-state index contributed by atoms with van der Waals surface area (Å²) >= 11 is 1.77. The smallest absolute Gasteiger partial charge is 0.161 e. The molecule has 0 saturated carbocycles. The normalized spacial score (nSPS) is 11.4. The molecule has 0 fully saturated rings. The molecular weight excluding hydrogens is 304 g/mol. The molecule has 0 spiro atoms. The predicted molar refractivity (Wildman–Crippen MR) is 98.0 cm³/mol. The summed E-state index contributed by atoms with van der Waals surface area (Å²) in [5, 5.41) is 0. The van der Waals surface area contributed by atoms with E-state index >= 15 is 0 Å². The van der Waals surface area contributed by atoms with E-state index in [1.165, 1.54) is 16.2 Å². The summed E-state index contributed by atoms with van der Waals surface area (Å²) in [5.41, 5.74) is 3.28. The Labute approximate surface area is 143 Å². The molecule has 1 heterocycles. The molecule has 0 N–H and O–H groups in total. The lowest BCUT2D eigenvalue weighted by Crippen LogP contribution is -2.30. The fourth-order valence-corrected chi connectivity index (χ4v) is 3.08. The number of benzene rings is 1. The van der Waals surface area contributed by atoms with Crippen molar-refractivity contribution in [3.05, 3.63) is 53.3 Å². The van der Waals surface area contributed by atoms with E-state index in [1.54, 1.807) is 18.7 Å². The predicted octanol–water partition coefficient (Wildman–Crippen LogP) is 4.36. The Hall–Kier alpha value is -1.52. The van der Waals surface area contributed by atoms with Crippen LogP contribution in [0.2, 0.25) is 0 Å². The summed E-state index contributed by atoms with van der Waals surface area (Å²) in [6, 6.07) is 11.1. The van der Waals surface area contributed by atoms with Crippen molar-refractivity contribution in [2.24, 2.45) is 7.05 Å². The standard InChI is InChI=1S/C19H26N2OS/c1-14(2)21(11-16-7-6-8-19(9-16)23-5)13-18-10-17(15(3)22)12-20(18)4/h6-10,12,14H,11,13H2,1-5H3. The summed E-state index contributed by atoms with van der Waals surface area (Å²) in [4.78, 5) is 15.3. The molecule has 0 radical (unpaired) electrons. The van der Waals surface area contributed by atoms with Crippen molar-refractivity contribution < 1.29 is 4.79 Å². The first-order valence-electron chi connectivity index (χ1n) is 7.94. The van der Waals surface area contributed by atoms with Crippen LogP contribution in [-0.4, -0.2) is 27.5 Å². The van der Waals surface area contributed by atoms with Crippen LogP contribution >= 0.6 is 11.8 Å². The number of rotatable bonds is 7. The molecule has 0 saturated heterocycles. The molecule has 1 aromatic carbocycles. The summed E-state index contributed by atoms with van der Waals surface area (Å²) in [5.74, 6) is 0.121. The Morgan fingerprint density at radius 1 is 1.26 bits per heavy atom. The lowest BCUT2D eigenvalue weighted by atomic mass is 10.1. The topological polar surface area (TPSA) is 25.2 Å². The number of aryl methyl sites for hydroxylation is 1. The third-order valence-electron chi connectivity index (χ3n) is 4.13. The van der Waals surface area contributed by atoms with Crippen molar-refractivity contribution in [2.75, 3.05) is 6.26 Å². The second-order valence-corrected chi connectivity index (χ2v) is 7.12. The fraction of sp³-hybridized carbons (Fsp3) is 0.421. The molecule has 0 amide bonds. The van der Waals surface area contributed by atoms with Crippen LogP contribution in [0.15, 0.2) is 41.4 Å². The van der Waals surface area contributed by atoms with Crippen LogP contribution in [0.25, 0.3) is 0 Å². The zero-order valence-electron chi connectivity index (χ0n) is 14.7. The van der Waals surface area contributed by atoms with Crippen molar-refractivity contribution in [1.29, 1.82) is 0 Å². The Balaban J connectivity index is 2.17. The van der Waals surface area contributed by atoms with Crippen molar-refractivity contribution in [1.82, 2.24) is 9.47 Å². The van der Waals surface area contributed by atoms with Gasteiger partial charge in [0.05, 0.1) is 0 Å². The number of hydrogen-bond acceptors (Lipinski definition) is 3. The van der Waals surface area contributed by atoms with Crippen LogP contribution in [-0.2, 0) is 20.1 Å². The van der Waals surface area contributed by atoms with Crippen molar-refractivity contribution >= 4 is 17.5 Å². The molecule has 23 heavy (non-hydrogen) atoms. The second kappa shape index (κ2) is 7.84. The highest BCUT2D eigenvalue weighted by atomic mass is 32.2. The highest BCUT2D eigenvalue weighted by Gasteiger charge is 2.15. The minimum Gasteiger partial charge on any atom is -0.353 e. The fourth-order valence-electron chi connectivity index (χ4n) is 2.59. The zero-order valence-corrected chi connectivity index (χ0v) is 15.5. The monoisotopic (exact) mass is 330 g/mol. The molecule has 0 aliphatic rings. The quantitative estimate of drug-likeness (QED) is 0.557. The Kier molecular flexibility index (Phi) is 6.08. The molecule has 1 aromatic heterocycles. The first kappa shape index (κ1) is 17.8. The van der Waals surface area contributed by atoms with Crippen molar-refractivity contribution in [3.63, 3.8) is 0 Å². The van der Waals surface area contributed by atoms with Crippen LogP contribution in [0.5, 0.6) is 0 Å². The molecule has 124 valence electrons. The van der Waals surface area contributed by atoms with Gasteiger partial charge in [-0.3, -0.25) is 9.69 Å². The van der Waals surface area contributed by atoms with Gasteiger partial charge in [-0.25, -0.2) is 0 Å². The van der Waals surface area contributed by atoms with Gasteiger partial charge in [0.2, 0.25) is 0 Å². The van der Waals surface area contributed by atoms with Crippen LogP contribution < -0.4 is 0 Å². The number of carbonyl (C=O) groups excluding carboxylic acids is 1. The molecule has 2 aromatic rings. The van der Waals surface area contributed by atoms with E-state index in [1.807, 2.05) is 19.3 Å². The van der Waals surface area contributed by atoms with Gasteiger partial charge in [-0.05, 0) is 50.8 Å². The van der Waals surface area contributed by atoms with Gasteiger partial charge in [-0.15, -0.1) is 11.8 Å². The second-order valence-electron chi connectivity index (χ2n) is 6.24. The first-order chi connectivity index (χ1) is 10.9. The summed E-state index contributed by atoms with van der Waals surface area (Å²) in [7, 11) is 2.01. The Bertz CT molecular complexity index is 676. The van der Waals surface area contributed by atoms with Crippen LogP contribution in [0.1, 0.15) is 42.4 Å². The van der Waals surface area contributed by atoms with E-state index in [9.17, 15) is 4.79 Å². The molecule has 2 rings (SSSR count). The van der Waals surface area contributed by atoms with Crippen molar-refractivity contribution in [3.8, 4) is 0 Å². The Morgan fingerprint density at radius 3 is 2.57 bits per heavy atom. The molecule has 3 nitrogen and oxygen atoms in total. The first-order valence-corrected chi connectivity index (χ1v) is 9.16. The minimum absolute atomic E-state index is 0.121. The number of thioether (sulfide) groups is 1. The summed E-state index contributed by atoms with van der Waals surface area (Å²) in [6.45, 7) is 7.80. The molecule has 4 heteroatoms. The number of aromatic nitrogens is 1.